The molecule has 1 aromatic heterocycles. The number of nitrogens with zero attached hydrogens (tertiary/aromatic N) is 2. The maximum Gasteiger partial charge on any atom is 0.259 e. The van der Waals surface area contributed by atoms with Crippen molar-refractivity contribution in [3.63, 3.8) is 0 Å². The normalized spacial score (nSPS) is 17.2. The lowest BCUT2D eigenvalue weighted by Gasteiger charge is -2.32. The fourth-order valence-corrected chi connectivity index (χ4v) is 3.55. The smallest absolute Gasteiger partial charge is 0.259 e. The molecule has 2 heterocycles. The average molecular weight is 370 g/mol. The molecule has 1 atom stereocenters. The van der Waals surface area contributed by atoms with Gasteiger partial charge in [-0.2, -0.15) is 0 Å². The van der Waals surface area contributed by atoms with Crippen LogP contribution in [-0.2, 0) is 0 Å². The lowest BCUT2D eigenvalue weighted by molar-refractivity contribution is 0.0635. The molecule has 0 bridgehead atoms. The number of likely N-dealkylation sites (tertiary alicyclic amines) is 1. The van der Waals surface area contributed by atoms with E-state index in [1.807, 2.05) is 32.0 Å². The van der Waals surface area contributed by atoms with E-state index >= 15 is 0 Å². The first-order chi connectivity index (χ1) is 12.9. The summed E-state index contributed by atoms with van der Waals surface area (Å²) in [5.74, 6) is 0.943. The van der Waals surface area contributed by atoms with Crippen LogP contribution < -0.4 is 4.74 Å². The Kier molecular flexibility index (Phi) is 5.63. The standard InChI is InChI=1S/C21H26N2O4/c1-13(2)26-18-9-5-7-16(11-18)20(24)17-8-6-10-23(12-17)21(25)19-14(3)22-27-15(19)4/h5,7,9,11,13,17H,6,8,10,12H2,1-4H3/t17-/m1/s1. The molecular formula is C21H26N2O4. The molecule has 144 valence electrons. The van der Waals surface area contributed by atoms with Gasteiger partial charge in [0.25, 0.3) is 5.91 Å². The molecule has 0 N–H and O–H groups in total. The lowest BCUT2D eigenvalue weighted by atomic mass is 9.89. The van der Waals surface area contributed by atoms with Gasteiger partial charge >= 0.3 is 0 Å². The minimum absolute atomic E-state index is 0.0493. The van der Waals surface area contributed by atoms with E-state index in [9.17, 15) is 9.59 Å². The number of rotatable bonds is 5. The summed E-state index contributed by atoms with van der Waals surface area (Å²) in [7, 11) is 0. The Hall–Kier alpha value is -2.63. The van der Waals surface area contributed by atoms with E-state index in [2.05, 4.69) is 5.16 Å². The predicted molar refractivity (Wildman–Crippen MR) is 101 cm³/mol. The van der Waals surface area contributed by atoms with Gasteiger partial charge in [0.1, 0.15) is 17.1 Å². The Morgan fingerprint density at radius 3 is 2.74 bits per heavy atom. The van der Waals surface area contributed by atoms with Gasteiger partial charge in [0.05, 0.1) is 11.8 Å². The number of ketones is 1. The van der Waals surface area contributed by atoms with E-state index in [1.165, 1.54) is 0 Å². The number of hydrogen-bond acceptors (Lipinski definition) is 5. The number of piperidine rings is 1. The summed E-state index contributed by atoms with van der Waals surface area (Å²) in [6, 6.07) is 7.29. The minimum atomic E-state index is -0.211. The molecule has 0 unspecified atom stereocenters. The summed E-state index contributed by atoms with van der Waals surface area (Å²) in [6.45, 7) is 8.46. The van der Waals surface area contributed by atoms with Crippen LogP contribution in [0.4, 0.5) is 0 Å². The van der Waals surface area contributed by atoms with Crippen LogP contribution in [0.3, 0.4) is 0 Å². The molecule has 0 spiro atoms. The van der Waals surface area contributed by atoms with Crippen LogP contribution in [-0.4, -0.2) is 40.9 Å². The Morgan fingerprint density at radius 1 is 1.30 bits per heavy atom. The Bertz CT molecular complexity index is 821. The molecule has 1 amide bonds. The molecule has 6 nitrogen and oxygen atoms in total. The van der Waals surface area contributed by atoms with E-state index in [0.29, 0.717) is 41.4 Å². The van der Waals surface area contributed by atoms with E-state index in [4.69, 9.17) is 9.26 Å². The van der Waals surface area contributed by atoms with Crippen LogP contribution in [0.25, 0.3) is 0 Å². The minimum Gasteiger partial charge on any atom is -0.491 e. The number of aromatic nitrogens is 1. The first kappa shape index (κ1) is 19.1. The van der Waals surface area contributed by atoms with Crippen molar-refractivity contribution in [2.24, 2.45) is 5.92 Å². The van der Waals surface area contributed by atoms with Crippen molar-refractivity contribution in [3.8, 4) is 5.75 Å². The average Bonchev–Trinajstić information content (AvgIpc) is 2.98. The third-order valence-electron chi connectivity index (χ3n) is 4.82. The van der Waals surface area contributed by atoms with Gasteiger partial charge in [-0.25, -0.2) is 0 Å². The molecule has 6 heteroatoms. The summed E-state index contributed by atoms with van der Waals surface area (Å²) in [5.41, 5.74) is 1.73. The molecule has 1 aromatic carbocycles. The zero-order chi connectivity index (χ0) is 19.6. The molecule has 27 heavy (non-hydrogen) atoms. The molecule has 1 saturated heterocycles. The number of benzene rings is 1. The van der Waals surface area contributed by atoms with Crippen LogP contribution in [0.1, 0.15) is 58.9 Å². The van der Waals surface area contributed by atoms with Crippen molar-refractivity contribution in [3.05, 3.63) is 46.8 Å². The van der Waals surface area contributed by atoms with Gasteiger partial charge < -0.3 is 14.2 Å². The monoisotopic (exact) mass is 370 g/mol. The molecule has 1 fully saturated rings. The fraction of sp³-hybridized carbons (Fsp3) is 0.476. The summed E-state index contributed by atoms with van der Waals surface area (Å²) in [4.78, 5) is 27.6. The second kappa shape index (κ2) is 7.94. The summed E-state index contributed by atoms with van der Waals surface area (Å²) < 4.78 is 10.8. The van der Waals surface area contributed by atoms with Crippen LogP contribution in [0, 0.1) is 19.8 Å². The van der Waals surface area contributed by atoms with Crippen molar-refractivity contribution in [2.75, 3.05) is 13.1 Å². The molecule has 1 aliphatic rings. The number of carbonyl (C=O) groups is 2. The molecule has 0 radical (unpaired) electrons. The zero-order valence-electron chi connectivity index (χ0n) is 16.3. The number of carbonyl (C=O) groups excluding carboxylic acids is 2. The van der Waals surface area contributed by atoms with E-state index in [0.717, 1.165) is 12.8 Å². The van der Waals surface area contributed by atoms with E-state index < -0.39 is 0 Å². The summed E-state index contributed by atoms with van der Waals surface area (Å²) >= 11 is 0. The van der Waals surface area contributed by atoms with Crippen molar-refractivity contribution in [1.29, 1.82) is 0 Å². The lowest BCUT2D eigenvalue weighted by Crippen LogP contribution is -2.42. The topological polar surface area (TPSA) is 72.6 Å². The number of hydrogen-bond donors (Lipinski definition) is 0. The molecular weight excluding hydrogens is 344 g/mol. The Labute approximate surface area is 159 Å². The molecule has 0 saturated carbocycles. The first-order valence-corrected chi connectivity index (χ1v) is 9.40. The number of ether oxygens (including phenoxy) is 1. The number of Topliss-reactive ketones (excluding diaryl/α,β-unsaturated/α-hetero) is 1. The van der Waals surface area contributed by atoms with Gasteiger partial charge in [-0.15, -0.1) is 0 Å². The van der Waals surface area contributed by atoms with Crippen molar-refractivity contribution in [2.45, 2.75) is 46.6 Å². The van der Waals surface area contributed by atoms with Gasteiger partial charge in [0.15, 0.2) is 5.78 Å². The van der Waals surface area contributed by atoms with Gasteiger partial charge in [-0.05, 0) is 52.7 Å². The first-order valence-electron chi connectivity index (χ1n) is 9.40. The van der Waals surface area contributed by atoms with Crippen molar-refractivity contribution in [1.82, 2.24) is 10.1 Å². The van der Waals surface area contributed by atoms with Crippen LogP contribution >= 0.6 is 0 Å². The predicted octanol–water partition coefficient (Wildman–Crippen LogP) is 3.81. The highest BCUT2D eigenvalue weighted by Crippen LogP contribution is 2.25. The highest BCUT2D eigenvalue weighted by atomic mass is 16.5. The maximum atomic E-state index is 13.0. The molecule has 3 rings (SSSR count). The maximum absolute atomic E-state index is 13.0. The summed E-state index contributed by atoms with van der Waals surface area (Å²) in [5, 5.41) is 3.86. The second-order valence-corrected chi connectivity index (χ2v) is 7.35. The van der Waals surface area contributed by atoms with Crippen LogP contribution in [0.2, 0.25) is 0 Å². The molecule has 1 aliphatic heterocycles. The van der Waals surface area contributed by atoms with Gasteiger partial charge in [0.2, 0.25) is 0 Å². The second-order valence-electron chi connectivity index (χ2n) is 7.35. The van der Waals surface area contributed by atoms with Crippen molar-refractivity contribution < 1.29 is 18.8 Å². The third-order valence-corrected chi connectivity index (χ3v) is 4.82. The summed E-state index contributed by atoms with van der Waals surface area (Å²) in [6.07, 6.45) is 1.63. The van der Waals surface area contributed by atoms with E-state index in [-0.39, 0.29) is 23.7 Å². The zero-order valence-corrected chi connectivity index (χ0v) is 16.3. The SMILES string of the molecule is Cc1noc(C)c1C(=O)N1CCC[C@@H](C(=O)c2cccc(OC(C)C)c2)C1. The van der Waals surface area contributed by atoms with Crippen molar-refractivity contribution >= 4 is 11.7 Å². The molecule has 0 aliphatic carbocycles. The number of aryl methyl sites for hydroxylation is 2. The van der Waals surface area contributed by atoms with Crippen LogP contribution in [0.5, 0.6) is 5.75 Å². The highest BCUT2D eigenvalue weighted by Gasteiger charge is 2.31. The Morgan fingerprint density at radius 2 is 2.07 bits per heavy atom. The highest BCUT2D eigenvalue weighted by molar-refractivity contribution is 6.00. The largest absolute Gasteiger partial charge is 0.491 e. The van der Waals surface area contributed by atoms with Gasteiger partial charge in [-0.3, -0.25) is 9.59 Å². The third kappa shape index (κ3) is 4.21. The van der Waals surface area contributed by atoms with Crippen LogP contribution in [0.15, 0.2) is 28.8 Å². The quantitative estimate of drug-likeness (QED) is 0.748. The molecule has 2 aromatic rings. The van der Waals surface area contributed by atoms with Gasteiger partial charge in [0, 0.05) is 24.6 Å². The number of amides is 1. The van der Waals surface area contributed by atoms with Gasteiger partial charge in [-0.1, -0.05) is 17.3 Å². The fourth-order valence-electron chi connectivity index (χ4n) is 3.55. The Balaban J connectivity index is 1.74. The van der Waals surface area contributed by atoms with E-state index in [1.54, 1.807) is 24.8 Å².